The summed E-state index contributed by atoms with van der Waals surface area (Å²) in [6.45, 7) is 1.17. The number of anilines is 1. The zero-order chi connectivity index (χ0) is 18.0. The number of carbonyl (C=O) groups excluding carboxylic acids is 1. The molecule has 0 aliphatic carbocycles. The van der Waals surface area contributed by atoms with E-state index in [9.17, 15) is 4.79 Å². The monoisotopic (exact) mass is 415 g/mol. The van der Waals surface area contributed by atoms with Crippen LogP contribution in [0.2, 0.25) is 5.02 Å². The van der Waals surface area contributed by atoms with Gasteiger partial charge >= 0.3 is 0 Å². The van der Waals surface area contributed by atoms with Crippen molar-refractivity contribution >= 4 is 56.6 Å². The van der Waals surface area contributed by atoms with Crippen LogP contribution < -0.4 is 9.64 Å². The van der Waals surface area contributed by atoms with E-state index in [0.717, 1.165) is 4.70 Å². The molecule has 26 heavy (non-hydrogen) atoms. The van der Waals surface area contributed by atoms with E-state index in [2.05, 4.69) is 4.98 Å². The number of methoxy groups -OCH3 is 1. The van der Waals surface area contributed by atoms with Crippen molar-refractivity contribution in [3.8, 4) is 5.75 Å². The first kappa shape index (κ1) is 20.5. The molecule has 1 aromatic carbocycles. The molecular formula is C17H19Cl2N3O3S. The molecule has 3 rings (SSSR count). The molecular weight excluding hydrogens is 397 g/mol. The Bertz CT molecular complexity index is 881. The summed E-state index contributed by atoms with van der Waals surface area (Å²) in [5.74, 6) is 0.664. The van der Waals surface area contributed by atoms with E-state index in [4.69, 9.17) is 20.8 Å². The third kappa shape index (κ3) is 4.12. The predicted octanol–water partition coefficient (Wildman–Crippen LogP) is 4.18. The molecule has 0 fully saturated rings. The normalized spacial score (nSPS) is 10.8. The third-order valence-electron chi connectivity index (χ3n) is 3.65. The van der Waals surface area contributed by atoms with Crippen LogP contribution in [-0.4, -0.2) is 50.1 Å². The highest BCUT2D eigenvalue weighted by atomic mass is 35.5. The Morgan fingerprint density at radius 2 is 2.08 bits per heavy atom. The number of hydrogen-bond donors (Lipinski definition) is 0. The quantitative estimate of drug-likeness (QED) is 0.604. The van der Waals surface area contributed by atoms with Gasteiger partial charge in [-0.25, -0.2) is 4.98 Å². The molecule has 2 heterocycles. The molecule has 3 aromatic rings. The Balaban J connectivity index is 0.00000243. The second-order valence-electron chi connectivity index (χ2n) is 5.66. The van der Waals surface area contributed by atoms with Crippen molar-refractivity contribution in [2.24, 2.45) is 0 Å². The van der Waals surface area contributed by atoms with Gasteiger partial charge in [-0.2, -0.15) is 0 Å². The maximum absolute atomic E-state index is 12.9. The number of aromatic nitrogens is 1. The highest BCUT2D eigenvalue weighted by molar-refractivity contribution is 7.23. The van der Waals surface area contributed by atoms with Crippen LogP contribution in [-0.2, 0) is 0 Å². The lowest BCUT2D eigenvalue weighted by Crippen LogP contribution is -2.36. The Morgan fingerprint density at radius 1 is 1.31 bits per heavy atom. The number of halogens is 2. The molecule has 0 aliphatic heterocycles. The van der Waals surface area contributed by atoms with Crippen molar-refractivity contribution < 1.29 is 13.9 Å². The second-order valence-corrected chi connectivity index (χ2v) is 7.05. The number of nitrogens with zero attached hydrogens (tertiary/aromatic N) is 3. The van der Waals surface area contributed by atoms with E-state index in [1.807, 2.05) is 19.0 Å². The van der Waals surface area contributed by atoms with Gasteiger partial charge in [0.2, 0.25) is 0 Å². The maximum Gasteiger partial charge on any atom is 0.295 e. The average Bonchev–Trinajstić information content (AvgIpc) is 3.25. The summed E-state index contributed by atoms with van der Waals surface area (Å²) in [4.78, 5) is 21.1. The molecule has 6 nitrogen and oxygen atoms in total. The third-order valence-corrected chi connectivity index (χ3v) is 5.18. The SMILES string of the molecule is COc1ccc(Cl)c2sc(N(CCN(C)C)C(=O)c3ccco3)nc12.Cl. The Morgan fingerprint density at radius 3 is 2.69 bits per heavy atom. The molecule has 0 radical (unpaired) electrons. The van der Waals surface area contributed by atoms with Crippen molar-refractivity contribution in [3.63, 3.8) is 0 Å². The number of thiazole rings is 1. The molecule has 140 valence electrons. The summed E-state index contributed by atoms with van der Waals surface area (Å²) < 4.78 is 11.4. The number of carbonyl (C=O) groups is 1. The predicted molar refractivity (Wildman–Crippen MR) is 107 cm³/mol. The van der Waals surface area contributed by atoms with Gasteiger partial charge in [-0.05, 0) is 38.4 Å². The fraction of sp³-hybridized carbons (Fsp3) is 0.294. The standard InChI is InChI=1S/C17H18ClN3O3S.ClH/c1-20(2)8-9-21(16(22)13-5-4-10-24-13)17-19-14-12(23-3)7-6-11(18)15(14)25-17;/h4-7,10H,8-9H2,1-3H3;1H. The Kier molecular flexibility index (Phi) is 6.88. The van der Waals surface area contributed by atoms with Crippen LogP contribution in [0.1, 0.15) is 10.6 Å². The van der Waals surface area contributed by atoms with Crippen LogP contribution in [0.3, 0.4) is 0 Å². The molecule has 0 saturated heterocycles. The number of rotatable bonds is 6. The summed E-state index contributed by atoms with van der Waals surface area (Å²) in [5.41, 5.74) is 0.650. The molecule has 9 heteroatoms. The van der Waals surface area contributed by atoms with E-state index in [-0.39, 0.29) is 24.1 Å². The number of furan rings is 1. The zero-order valence-electron chi connectivity index (χ0n) is 14.6. The molecule has 2 aromatic heterocycles. The van der Waals surface area contributed by atoms with Crippen molar-refractivity contribution in [2.75, 3.05) is 39.2 Å². The number of hydrogen-bond acceptors (Lipinski definition) is 6. The summed E-state index contributed by atoms with van der Waals surface area (Å²) in [6.07, 6.45) is 1.48. The van der Waals surface area contributed by atoms with Crippen molar-refractivity contribution in [1.29, 1.82) is 0 Å². The van der Waals surface area contributed by atoms with Crippen LogP contribution in [0.4, 0.5) is 5.13 Å². The number of benzene rings is 1. The van der Waals surface area contributed by atoms with E-state index < -0.39 is 0 Å². The smallest absolute Gasteiger partial charge is 0.295 e. The first-order chi connectivity index (χ1) is 12.0. The molecule has 0 aliphatic rings. The minimum atomic E-state index is -0.235. The molecule has 0 N–H and O–H groups in total. The molecule has 0 bridgehead atoms. The van der Waals surface area contributed by atoms with E-state index >= 15 is 0 Å². The van der Waals surface area contributed by atoms with Crippen LogP contribution in [0.25, 0.3) is 10.2 Å². The number of fused-ring (bicyclic) bond motifs is 1. The minimum Gasteiger partial charge on any atom is -0.494 e. The van der Waals surface area contributed by atoms with Crippen molar-refractivity contribution in [1.82, 2.24) is 9.88 Å². The average molecular weight is 416 g/mol. The fourth-order valence-electron chi connectivity index (χ4n) is 2.34. The largest absolute Gasteiger partial charge is 0.494 e. The van der Waals surface area contributed by atoms with Crippen LogP contribution in [0.5, 0.6) is 5.75 Å². The number of likely N-dealkylation sites (N-methyl/N-ethyl adjacent to an activating group) is 1. The van der Waals surface area contributed by atoms with Crippen molar-refractivity contribution in [2.45, 2.75) is 0 Å². The van der Waals surface area contributed by atoms with Crippen LogP contribution >= 0.6 is 35.3 Å². The van der Waals surface area contributed by atoms with Crippen LogP contribution in [0.15, 0.2) is 34.9 Å². The van der Waals surface area contributed by atoms with Gasteiger partial charge in [-0.1, -0.05) is 22.9 Å². The summed E-state index contributed by atoms with van der Waals surface area (Å²) in [5, 5.41) is 1.14. The zero-order valence-corrected chi connectivity index (χ0v) is 17.0. The lowest BCUT2D eigenvalue weighted by molar-refractivity contribution is 0.0958. The lowest BCUT2D eigenvalue weighted by atomic mass is 10.3. The van der Waals surface area contributed by atoms with E-state index in [0.29, 0.717) is 34.5 Å². The van der Waals surface area contributed by atoms with E-state index in [1.54, 1.807) is 36.3 Å². The summed E-state index contributed by atoms with van der Waals surface area (Å²) in [7, 11) is 5.49. The topological polar surface area (TPSA) is 58.8 Å². The minimum absolute atomic E-state index is 0. The van der Waals surface area contributed by atoms with Crippen molar-refractivity contribution in [3.05, 3.63) is 41.3 Å². The highest BCUT2D eigenvalue weighted by Crippen LogP contribution is 2.39. The van der Waals surface area contributed by atoms with Gasteiger partial charge in [0.1, 0.15) is 11.3 Å². The number of ether oxygens (including phenoxy) is 1. The molecule has 0 saturated carbocycles. The number of amides is 1. The Hall–Kier alpha value is -1.80. The summed E-state index contributed by atoms with van der Waals surface area (Å²) in [6, 6.07) is 6.87. The molecule has 1 amide bonds. The first-order valence-corrected chi connectivity index (χ1v) is 8.84. The van der Waals surface area contributed by atoms with Gasteiger partial charge in [-0.15, -0.1) is 12.4 Å². The molecule has 0 spiro atoms. The van der Waals surface area contributed by atoms with Gasteiger partial charge in [0.25, 0.3) is 5.91 Å². The molecule has 0 atom stereocenters. The lowest BCUT2D eigenvalue weighted by Gasteiger charge is -2.20. The van der Waals surface area contributed by atoms with Gasteiger partial charge in [-0.3, -0.25) is 9.69 Å². The van der Waals surface area contributed by atoms with Gasteiger partial charge in [0.05, 0.1) is 23.1 Å². The second kappa shape index (κ2) is 8.73. The first-order valence-electron chi connectivity index (χ1n) is 7.64. The summed E-state index contributed by atoms with van der Waals surface area (Å²) >= 11 is 7.66. The van der Waals surface area contributed by atoms with Gasteiger partial charge < -0.3 is 14.1 Å². The van der Waals surface area contributed by atoms with Crippen LogP contribution in [0, 0.1) is 0 Å². The Labute approximate surface area is 166 Å². The molecule has 0 unspecified atom stereocenters. The highest BCUT2D eigenvalue weighted by Gasteiger charge is 2.24. The fourth-order valence-corrected chi connectivity index (χ4v) is 3.62. The maximum atomic E-state index is 12.9. The van der Waals surface area contributed by atoms with Gasteiger partial charge in [0, 0.05) is 13.1 Å². The van der Waals surface area contributed by atoms with Gasteiger partial charge in [0.15, 0.2) is 10.9 Å². The van der Waals surface area contributed by atoms with E-state index in [1.165, 1.54) is 17.6 Å².